The van der Waals surface area contributed by atoms with Crippen molar-refractivity contribution < 1.29 is 10.0 Å². The van der Waals surface area contributed by atoms with Crippen molar-refractivity contribution in [1.29, 1.82) is 0 Å². The summed E-state index contributed by atoms with van der Waals surface area (Å²) in [6.07, 6.45) is 2.52. The molecular formula is C7H16NO+. The van der Waals surface area contributed by atoms with Gasteiger partial charge in [0.15, 0.2) is 0 Å². The van der Waals surface area contributed by atoms with Crippen LogP contribution in [-0.2, 0) is 0 Å². The molecule has 0 aliphatic carbocycles. The highest BCUT2D eigenvalue weighted by molar-refractivity contribution is 4.58. The third-order valence-electron chi connectivity index (χ3n) is 2.11. The molecule has 0 saturated carbocycles. The minimum Gasteiger partial charge on any atom is -0.396 e. The van der Waals surface area contributed by atoms with Crippen molar-refractivity contribution in [2.24, 2.45) is 5.92 Å². The van der Waals surface area contributed by atoms with E-state index in [9.17, 15) is 0 Å². The molecule has 1 fully saturated rings. The first-order valence-electron chi connectivity index (χ1n) is 3.75. The highest BCUT2D eigenvalue weighted by Gasteiger charge is 2.18. The lowest BCUT2D eigenvalue weighted by Crippen LogP contribution is -3.10. The number of hydrogen-bond acceptors (Lipinski definition) is 1. The fraction of sp³-hybridized carbons (Fsp3) is 1.00. The lowest BCUT2D eigenvalue weighted by atomic mass is 10.00. The largest absolute Gasteiger partial charge is 0.396 e. The summed E-state index contributed by atoms with van der Waals surface area (Å²) in [6, 6.07) is 0. The Bertz CT molecular complexity index is 85.0. The molecule has 0 aromatic rings. The molecule has 1 aliphatic heterocycles. The number of nitrogens with one attached hydrogen (secondary N) is 1. The number of aliphatic hydroxyl groups excluding tert-OH is 1. The average Bonchev–Trinajstić information content (AvgIpc) is 1.88. The van der Waals surface area contributed by atoms with Gasteiger partial charge in [0.25, 0.3) is 0 Å². The van der Waals surface area contributed by atoms with Crippen molar-refractivity contribution in [2.45, 2.75) is 12.8 Å². The fourth-order valence-electron chi connectivity index (χ4n) is 1.55. The molecule has 0 radical (unpaired) electrons. The molecule has 1 heterocycles. The molecule has 0 bridgehead atoms. The molecule has 2 N–H and O–H groups in total. The first kappa shape index (κ1) is 7.03. The first-order chi connectivity index (χ1) is 4.33. The summed E-state index contributed by atoms with van der Waals surface area (Å²) in [5, 5.41) is 8.80. The molecule has 0 amide bonds. The first-order valence-corrected chi connectivity index (χ1v) is 3.75. The molecule has 0 spiro atoms. The third-order valence-corrected chi connectivity index (χ3v) is 2.11. The molecule has 9 heavy (non-hydrogen) atoms. The highest BCUT2D eigenvalue weighted by atomic mass is 16.3. The van der Waals surface area contributed by atoms with Gasteiger partial charge in [-0.25, -0.2) is 0 Å². The van der Waals surface area contributed by atoms with Crippen LogP contribution in [-0.4, -0.2) is 31.9 Å². The van der Waals surface area contributed by atoms with E-state index >= 15 is 0 Å². The van der Waals surface area contributed by atoms with Crippen molar-refractivity contribution in [1.82, 2.24) is 0 Å². The van der Waals surface area contributed by atoms with E-state index in [0.29, 0.717) is 12.5 Å². The normalized spacial score (nSPS) is 36.7. The van der Waals surface area contributed by atoms with Gasteiger partial charge in [0, 0.05) is 5.92 Å². The van der Waals surface area contributed by atoms with E-state index in [1.807, 2.05) is 0 Å². The van der Waals surface area contributed by atoms with Crippen molar-refractivity contribution in [3.05, 3.63) is 0 Å². The van der Waals surface area contributed by atoms with Gasteiger partial charge in [-0.1, -0.05) is 0 Å². The number of rotatable bonds is 1. The second-order valence-electron chi connectivity index (χ2n) is 3.10. The Hall–Kier alpha value is -0.0800. The van der Waals surface area contributed by atoms with Gasteiger partial charge in [-0.3, -0.25) is 0 Å². The van der Waals surface area contributed by atoms with E-state index in [1.165, 1.54) is 19.4 Å². The van der Waals surface area contributed by atoms with Crippen LogP contribution < -0.4 is 4.90 Å². The van der Waals surface area contributed by atoms with Crippen LogP contribution in [0.25, 0.3) is 0 Å². The molecule has 0 aromatic carbocycles. The molecule has 1 rings (SSSR count). The Labute approximate surface area is 56.5 Å². The second kappa shape index (κ2) is 3.18. The monoisotopic (exact) mass is 130 g/mol. The molecule has 1 unspecified atom stereocenters. The van der Waals surface area contributed by atoms with Crippen LogP contribution in [0.1, 0.15) is 12.8 Å². The van der Waals surface area contributed by atoms with E-state index < -0.39 is 0 Å². The van der Waals surface area contributed by atoms with Gasteiger partial charge in [0.1, 0.15) is 0 Å². The Morgan fingerprint density at radius 2 is 2.44 bits per heavy atom. The lowest BCUT2D eigenvalue weighted by molar-refractivity contribution is -0.888. The minimum atomic E-state index is 0.386. The van der Waals surface area contributed by atoms with Crippen LogP contribution in [0.15, 0.2) is 0 Å². The summed E-state index contributed by atoms with van der Waals surface area (Å²) < 4.78 is 0. The zero-order valence-corrected chi connectivity index (χ0v) is 6.06. The van der Waals surface area contributed by atoms with Crippen molar-refractivity contribution in [3.8, 4) is 0 Å². The van der Waals surface area contributed by atoms with Gasteiger partial charge in [0.2, 0.25) is 0 Å². The highest BCUT2D eigenvalue weighted by Crippen LogP contribution is 2.04. The van der Waals surface area contributed by atoms with Crippen molar-refractivity contribution in [3.63, 3.8) is 0 Å². The number of piperidine rings is 1. The summed E-state index contributed by atoms with van der Waals surface area (Å²) in [6.45, 7) is 2.84. The van der Waals surface area contributed by atoms with E-state index in [-0.39, 0.29) is 0 Å². The SMILES string of the molecule is C[NH+]1CCC[C@H](CO)C1. The Kier molecular flexibility index (Phi) is 2.49. The topological polar surface area (TPSA) is 24.7 Å². The number of likely N-dealkylation sites (tertiary alicyclic amines) is 1. The standard InChI is InChI=1S/C7H15NO/c1-8-4-2-3-7(5-8)6-9/h7,9H,2-6H2,1H3/p+1/t7-/m0/s1. The fourth-order valence-corrected chi connectivity index (χ4v) is 1.55. The summed E-state index contributed by atoms with van der Waals surface area (Å²) in [7, 11) is 2.20. The molecule has 2 nitrogen and oxygen atoms in total. The van der Waals surface area contributed by atoms with Crippen LogP contribution >= 0.6 is 0 Å². The van der Waals surface area contributed by atoms with Gasteiger partial charge in [-0.15, -0.1) is 0 Å². The Morgan fingerprint density at radius 3 is 2.89 bits per heavy atom. The average molecular weight is 130 g/mol. The van der Waals surface area contributed by atoms with Crippen LogP contribution in [0.4, 0.5) is 0 Å². The van der Waals surface area contributed by atoms with Gasteiger partial charge in [0.05, 0.1) is 26.7 Å². The van der Waals surface area contributed by atoms with Crippen molar-refractivity contribution >= 4 is 0 Å². The number of hydrogen-bond donors (Lipinski definition) is 2. The zero-order chi connectivity index (χ0) is 6.69. The molecular weight excluding hydrogens is 114 g/mol. The minimum absolute atomic E-state index is 0.386. The van der Waals surface area contributed by atoms with Gasteiger partial charge < -0.3 is 10.0 Å². The second-order valence-corrected chi connectivity index (χ2v) is 3.10. The maximum absolute atomic E-state index is 8.80. The van der Waals surface area contributed by atoms with Gasteiger partial charge in [-0.05, 0) is 12.8 Å². The van der Waals surface area contributed by atoms with Crippen LogP contribution in [0, 0.1) is 5.92 Å². The summed E-state index contributed by atoms with van der Waals surface area (Å²) in [4.78, 5) is 1.57. The zero-order valence-electron chi connectivity index (χ0n) is 6.06. The third kappa shape index (κ3) is 1.95. The maximum Gasteiger partial charge on any atom is 0.0819 e. The molecule has 2 atom stereocenters. The van der Waals surface area contributed by atoms with Gasteiger partial charge >= 0.3 is 0 Å². The molecule has 54 valence electrons. The van der Waals surface area contributed by atoms with Crippen molar-refractivity contribution in [2.75, 3.05) is 26.7 Å². The summed E-state index contributed by atoms with van der Waals surface area (Å²) in [5.41, 5.74) is 0. The number of quaternary nitrogens is 1. The predicted octanol–water partition coefficient (Wildman–Crippen LogP) is -1.10. The quantitative estimate of drug-likeness (QED) is 0.463. The van der Waals surface area contributed by atoms with Crippen LogP contribution in [0.5, 0.6) is 0 Å². The predicted molar refractivity (Wildman–Crippen MR) is 36.4 cm³/mol. The summed E-state index contributed by atoms with van der Waals surface area (Å²) in [5.74, 6) is 0.582. The summed E-state index contributed by atoms with van der Waals surface area (Å²) >= 11 is 0. The van der Waals surface area contributed by atoms with E-state index in [4.69, 9.17) is 5.11 Å². The number of aliphatic hydroxyl groups is 1. The smallest absolute Gasteiger partial charge is 0.0819 e. The molecule has 0 aromatic heterocycles. The van der Waals surface area contributed by atoms with E-state index in [2.05, 4.69) is 7.05 Å². The van der Waals surface area contributed by atoms with Gasteiger partial charge in [-0.2, -0.15) is 0 Å². The Balaban J connectivity index is 2.23. The molecule has 1 aliphatic rings. The molecule has 2 heteroatoms. The molecule has 1 saturated heterocycles. The lowest BCUT2D eigenvalue weighted by Gasteiger charge is -2.25. The van der Waals surface area contributed by atoms with Crippen LogP contribution in [0.3, 0.4) is 0 Å². The Morgan fingerprint density at radius 1 is 1.67 bits per heavy atom. The van der Waals surface area contributed by atoms with Crippen LogP contribution in [0.2, 0.25) is 0 Å². The van der Waals surface area contributed by atoms with E-state index in [0.717, 1.165) is 6.54 Å². The van der Waals surface area contributed by atoms with E-state index in [1.54, 1.807) is 4.90 Å². The maximum atomic E-state index is 8.80.